The second kappa shape index (κ2) is 11.7. The first-order valence-corrected chi connectivity index (χ1v) is 11.1. The summed E-state index contributed by atoms with van der Waals surface area (Å²) < 4.78 is 5.34. The molecule has 2 atom stereocenters. The third-order valence-corrected chi connectivity index (χ3v) is 6.22. The zero-order valence-electron chi connectivity index (χ0n) is 17.6. The standard InChI is InChI=1S/C23H32N4O3/c24-9-6-21(19-7-10-25-11-8-19)26-23(29)20(16-18-4-2-1-3-5-18)17-22(28)27-12-14-30-15-13-27/h7-8,10-11,18,20-21H,1-6,12-17H2,(H,26,29)/t20-,21+/m1/s1. The summed E-state index contributed by atoms with van der Waals surface area (Å²) in [5.74, 6) is 0.0167. The molecule has 1 aromatic heterocycles. The van der Waals surface area contributed by atoms with Crippen molar-refractivity contribution >= 4 is 11.8 Å². The Balaban J connectivity index is 1.69. The van der Waals surface area contributed by atoms with Gasteiger partial charge in [-0.05, 0) is 30.0 Å². The Morgan fingerprint density at radius 2 is 1.90 bits per heavy atom. The third-order valence-electron chi connectivity index (χ3n) is 6.22. The van der Waals surface area contributed by atoms with Crippen LogP contribution in [0.25, 0.3) is 0 Å². The fraction of sp³-hybridized carbons (Fsp3) is 0.652. The SMILES string of the molecule is N#CC[C@H](NC(=O)[C@@H](CC(=O)N1CCOCC1)CC1CCCCC1)c1ccncc1. The van der Waals surface area contributed by atoms with Crippen LogP contribution in [0.4, 0.5) is 0 Å². The van der Waals surface area contributed by atoms with Crippen molar-refractivity contribution in [2.24, 2.45) is 11.8 Å². The van der Waals surface area contributed by atoms with E-state index in [2.05, 4.69) is 16.4 Å². The van der Waals surface area contributed by atoms with Gasteiger partial charge in [-0.1, -0.05) is 32.1 Å². The van der Waals surface area contributed by atoms with Crippen molar-refractivity contribution in [2.45, 2.75) is 57.4 Å². The van der Waals surface area contributed by atoms with Gasteiger partial charge in [0.05, 0.1) is 31.7 Å². The number of pyridine rings is 1. The minimum absolute atomic E-state index is 0.0232. The zero-order valence-corrected chi connectivity index (χ0v) is 17.6. The average Bonchev–Trinajstić information content (AvgIpc) is 2.80. The summed E-state index contributed by atoms with van der Waals surface area (Å²) in [6.45, 7) is 2.28. The molecule has 1 saturated carbocycles. The molecule has 1 aliphatic carbocycles. The van der Waals surface area contributed by atoms with Crippen LogP contribution in [0.2, 0.25) is 0 Å². The highest BCUT2D eigenvalue weighted by Crippen LogP contribution is 2.31. The quantitative estimate of drug-likeness (QED) is 0.708. The van der Waals surface area contributed by atoms with E-state index < -0.39 is 6.04 Å². The molecule has 0 aromatic carbocycles. The van der Waals surface area contributed by atoms with Crippen LogP contribution in [0, 0.1) is 23.2 Å². The molecular formula is C23H32N4O3. The van der Waals surface area contributed by atoms with Crippen LogP contribution in [0.5, 0.6) is 0 Å². The van der Waals surface area contributed by atoms with E-state index in [0.29, 0.717) is 32.2 Å². The van der Waals surface area contributed by atoms with Gasteiger partial charge in [0.1, 0.15) is 0 Å². The molecule has 0 spiro atoms. The second-order valence-electron chi connectivity index (χ2n) is 8.34. The summed E-state index contributed by atoms with van der Waals surface area (Å²) in [7, 11) is 0. The van der Waals surface area contributed by atoms with Gasteiger partial charge in [0, 0.05) is 37.8 Å². The van der Waals surface area contributed by atoms with Crippen molar-refractivity contribution < 1.29 is 14.3 Å². The molecule has 0 radical (unpaired) electrons. The zero-order chi connectivity index (χ0) is 21.2. The molecule has 30 heavy (non-hydrogen) atoms. The van der Waals surface area contributed by atoms with E-state index in [1.165, 1.54) is 19.3 Å². The van der Waals surface area contributed by atoms with Crippen molar-refractivity contribution in [3.63, 3.8) is 0 Å². The topological polar surface area (TPSA) is 95.3 Å². The first-order chi connectivity index (χ1) is 14.7. The van der Waals surface area contributed by atoms with E-state index in [4.69, 9.17) is 4.74 Å². The Morgan fingerprint density at radius 3 is 2.57 bits per heavy atom. The number of hydrogen-bond donors (Lipinski definition) is 1. The van der Waals surface area contributed by atoms with Crippen LogP contribution in [0.15, 0.2) is 24.5 Å². The number of nitrogens with zero attached hydrogens (tertiary/aromatic N) is 3. The number of carbonyl (C=O) groups excluding carboxylic acids is 2. The Labute approximate surface area is 178 Å². The highest BCUT2D eigenvalue weighted by Gasteiger charge is 2.30. The van der Waals surface area contributed by atoms with Gasteiger partial charge in [0.15, 0.2) is 0 Å². The summed E-state index contributed by atoms with van der Waals surface area (Å²) in [4.78, 5) is 31.9. The Bertz CT molecular complexity index is 722. The molecule has 0 bridgehead atoms. The molecule has 2 aliphatic rings. The molecule has 1 aromatic rings. The number of morpholine rings is 1. The summed E-state index contributed by atoms with van der Waals surface area (Å²) in [5.41, 5.74) is 0.857. The molecule has 2 amide bonds. The number of ether oxygens (including phenoxy) is 1. The molecule has 0 unspecified atom stereocenters. The Hall–Kier alpha value is -2.46. The Morgan fingerprint density at radius 1 is 1.20 bits per heavy atom. The fourth-order valence-corrected chi connectivity index (χ4v) is 4.49. The van der Waals surface area contributed by atoms with Crippen LogP contribution >= 0.6 is 0 Å². The van der Waals surface area contributed by atoms with Gasteiger partial charge in [-0.2, -0.15) is 5.26 Å². The van der Waals surface area contributed by atoms with Gasteiger partial charge < -0.3 is 15.0 Å². The predicted molar refractivity (Wildman–Crippen MR) is 112 cm³/mol. The van der Waals surface area contributed by atoms with Crippen LogP contribution < -0.4 is 5.32 Å². The minimum Gasteiger partial charge on any atom is -0.378 e. The second-order valence-corrected chi connectivity index (χ2v) is 8.34. The van der Waals surface area contributed by atoms with E-state index in [1.807, 2.05) is 12.1 Å². The van der Waals surface area contributed by atoms with Crippen molar-refractivity contribution in [3.8, 4) is 6.07 Å². The maximum Gasteiger partial charge on any atom is 0.224 e. The first kappa shape index (κ1) is 22.2. The first-order valence-electron chi connectivity index (χ1n) is 11.1. The van der Waals surface area contributed by atoms with Gasteiger partial charge >= 0.3 is 0 Å². The Kier molecular flexibility index (Phi) is 8.64. The molecular weight excluding hydrogens is 380 g/mol. The molecule has 7 heteroatoms. The summed E-state index contributed by atoms with van der Waals surface area (Å²) in [6, 6.07) is 5.40. The average molecular weight is 413 g/mol. The maximum atomic E-state index is 13.3. The van der Waals surface area contributed by atoms with Crippen molar-refractivity contribution in [1.82, 2.24) is 15.2 Å². The van der Waals surface area contributed by atoms with Gasteiger partial charge in [-0.15, -0.1) is 0 Å². The van der Waals surface area contributed by atoms with E-state index >= 15 is 0 Å². The molecule has 2 fully saturated rings. The number of nitriles is 1. The summed E-state index contributed by atoms with van der Waals surface area (Å²) in [6.07, 6.45) is 10.4. The largest absolute Gasteiger partial charge is 0.378 e. The highest BCUT2D eigenvalue weighted by atomic mass is 16.5. The molecule has 7 nitrogen and oxygen atoms in total. The van der Waals surface area contributed by atoms with Crippen LogP contribution in [0.3, 0.4) is 0 Å². The number of nitrogens with one attached hydrogen (secondary N) is 1. The fourth-order valence-electron chi connectivity index (χ4n) is 4.49. The lowest BCUT2D eigenvalue weighted by Crippen LogP contribution is -2.43. The predicted octanol–water partition coefficient (Wildman–Crippen LogP) is 2.99. The van der Waals surface area contributed by atoms with Crippen LogP contribution in [0.1, 0.15) is 63.0 Å². The van der Waals surface area contributed by atoms with Gasteiger partial charge in [-0.3, -0.25) is 14.6 Å². The number of aromatic nitrogens is 1. The van der Waals surface area contributed by atoms with E-state index in [9.17, 15) is 14.9 Å². The number of rotatable bonds is 8. The van der Waals surface area contributed by atoms with E-state index in [0.717, 1.165) is 24.8 Å². The van der Waals surface area contributed by atoms with Crippen molar-refractivity contribution in [1.29, 1.82) is 5.26 Å². The number of hydrogen-bond acceptors (Lipinski definition) is 5. The monoisotopic (exact) mass is 412 g/mol. The lowest BCUT2D eigenvalue weighted by molar-refractivity contribution is -0.140. The lowest BCUT2D eigenvalue weighted by Gasteiger charge is -2.30. The lowest BCUT2D eigenvalue weighted by atomic mass is 9.81. The number of amides is 2. The molecule has 2 heterocycles. The van der Waals surface area contributed by atoms with Crippen molar-refractivity contribution in [3.05, 3.63) is 30.1 Å². The molecule has 162 valence electrons. The highest BCUT2D eigenvalue weighted by molar-refractivity contribution is 5.86. The van der Waals surface area contributed by atoms with Gasteiger partial charge in [0.25, 0.3) is 0 Å². The molecule has 1 saturated heterocycles. The minimum atomic E-state index is -0.391. The third kappa shape index (κ3) is 6.53. The van der Waals surface area contributed by atoms with E-state index in [-0.39, 0.29) is 30.6 Å². The molecule has 3 rings (SSSR count). The smallest absolute Gasteiger partial charge is 0.224 e. The van der Waals surface area contributed by atoms with Crippen LogP contribution in [-0.4, -0.2) is 48.0 Å². The van der Waals surface area contributed by atoms with Gasteiger partial charge in [0.2, 0.25) is 11.8 Å². The maximum absolute atomic E-state index is 13.3. The van der Waals surface area contributed by atoms with Crippen LogP contribution in [-0.2, 0) is 14.3 Å². The summed E-state index contributed by atoms with van der Waals surface area (Å²) in [5, 5.41) is 12.3. The molecule has 1 N–H and O–H groups in total. The van der Waals surface area contributed by atoms with Crippen molar-refractivity contribution in [2.75, 3.05) is 26.3 Å². The summed E-state index contributed by atoms with van der Waals surface area (Å²) >= 11 is 0. The van der Waals surface area contributed by atoms with E-state index in [1.54, 1.807) is 17.3 Å². The normalized spacial score (nSPS) is 19.5. The van der Waals surface area contributed by atoms with Gasteiger partial charge in [-0.25, -0.2) is 0 Å². The molecule has 1 aliphatic heterocycles. The number of carbonyl (C=O) groups is 2.